The van der Waals surface area contributed by atoms with E-state index in [2.05, 4.69) is 49.0 Å². The van der Waals surface area contributed by atoms with Gasteiger partial charge in [0, 0.05) is 18.4 Å². The molecule has 18 heavy (non-hydrogen) atoms. The second-order valence-corrected chi connectivity index (χ2v) is 7.35. The summed E-state index contributed by atoms with van der Waals surface area (Å²) in [5.74, 6) is 0. The average Bonchev–Trinajstić information content (AvgIpc) is 2.38. The highest BCUT2D eigenvalue weighted by molar-refractivity contribution is 6.82. The Hall–Kier alpha value is -1.16. The summed E-state index contributed by atoms with van der Waals surface area (Å²) in [5, 5.41) is 3.72. The Morgan fingerprint density at radius 1 is 0.889 bits per heavy atom. The van der Waals surface area contributed by atoms with Gasteiger partial charge in [0.2, 0.25) is 0 Å². The molecule has 0 saturated carbocycles. The molecule has 0 aliphatic heterocycles. The normalized spacial score (nSPS) is 11.9. The smallest absolute Gasteiger partial charge is 0.369 e. The molecule has 0 radical (unpaired) electrons. The maximum Gasteiger partial charge on any atom is 0.369 e. The van der Waals surface area contributed by atoms with Crippen LogP contribution < -0.4 is 5.19 Å². The molecule has 2 aromatic rings. The van der Waals surface area contributed by atoms with Crippen molar-refractivity contribution >= 4 is 24.5 Å². The molecule has 3 heteroatoms. The molecule has 2 nitrogen and oxygen atoms in total. The summed E-state index contributed by atoms with van der Waals surface area (Å²) in [6.45, 7) is 7.55. The van der Waals surface area contributed by atoms with E-state index in [0.29, 0.717) is 13.2 Å². The van der Waals surface area contributed by atoms with Crippen molar-refractivity contribution in [3.63, 3.8) is 0 Å². The van der Waals surface area contributed by atoms with Crippen LogP contribution in [0.2, 0.25) is 6.55 Å². The average molecular weight is 260 g/mol. The van der Waals surface area contributed by atoms with E-state index in [4.69, 9.17) is 8.85 Å². The van der Waals surface area contributed by atoms with E-state index in [9.17, 15) is 0 Å². The van der Waals surface area contributed by atoms with Crippen molar-refractivity contribution in [2.75, 3.05) is 13.2 Å². The predicted molar refractivity (Wildman–Crippen MR) is 78.5 cm³/mol. The third-order valence-corrected chi connectivity index (χ3v) is 6.21. The number of hydrogen-bond acceptors (Lipinski definition) is 2. The van der Waals surface area contributed by atoms with Crippen LogP contribution in [0.25, 0.3) is 10.8 Å². The Kier molecular flexibility index (Phi) is 4.17. The summed E-state index contributed by atoms with van der Waals surface area (Å²) in [5.41, 5.74) is 0. The largest absolute Gasteiger partial charge is 0.391 e. The zero-order chi connectivity index (χ0) is 13.0. The molecule has 0 amide bonds. The van der Waals surface area contributed by atoms with Crippen LogP contribution in [-0.4, -0.2) is 21.8 Å². The van der Waals surface area contributed by atoms with Crippen molar-refractivity contribution in [1.82, 2.24) is 0 Å². The Morgan fingerprint density at radius 2 is 1.50 bits per heavy atom. The standard InChI is InChI=1S/C15H20O2Si/c1-4-16-18(3,17-5-2)15-12-8-10-13-9-6-7-11-14(13)15/h6-12H,4-5H2,1-3H3. The molecule has 0 heterocycles. The van der Waals surface area contributed by atoms with Crippen LogP contribution in [0.15, 0.2) is 42.5 Å². The molecule has 0 N–H and O–H groups in total. The summed E-state index contributed by atoms with van der Waals surface area (Å²) < 4.78 is 12.0. The minimum absolute atomic E-state index is 0.686. The second-order valence-electron chi connectivity index (χ2n) is 4.34. The minimum atomic E-state index is -2.29. The lowest BCUT2D eigenvalue weighted by Crippen LogP contribution is -2.51. The van der Waals surface area contributed by atoms with Gasteiger partial charge in [0.05, 0.1) is 0 Å². The number of rotatable bonds is 5. The third kappa shape index (κ3) is 2.48. The van der Waals surface area contributed by atoms with Crippen LogP contribution in [0.5, 0.6) is 0 Å². The monoisotopic (exact) mass is 260 g/mol. The first-order valence-electron chi connectivity index (χ1n) is 6.47. The molecule has 2 rings (SSSR count). The topological polar surface area (TPSA) is 18.5 Å². The molecule has 0 unspecified atom stereocenters. The van der Waals surface area contributed by atoms with E-state index in [1.165, 1.54) is 16.0 Å². The van der Waals surface area contributed by atoms with Crippen molar-refractivity contribution in [2.45, 2.75) is 20.4 Å². The van der Waals surface area contributed by atoms with Gasteiger partial charge in [0.1, 0.15) is 0 Å². The fourth-order valence-electron chi connectivity index (χ4n) is 2.37. The summed E-state index contributed by atoms with van der Waals surface area (Å²) in [6.07, 6.45) is 0. The van der Waals surface area contributed by atoms with Gasteiger partial charge in [-0.25, -0.2) is 0 Å². The maximum atomic E-state index is 5.98. The van der Waals surface area contributed by atoms with Gasteiger partial charge in [-0.3, -0.25) is 0 Å². The van der Waals surface area contributed by atoms with Crippen molar-refractivity contribution in [2.24, 2.45) is 0 Å². The van der Waals surface area contributed by atoms with E-state index in [1.807, 2.05) is 13.8 Å². The van der Waals surface area contributed by atoms with Gasteiger partial charge in [-0.1, -0.05) is 42.5 Å². The lowest BCUT2D eigenvalue weighted by molar-refractivity contribution is 0.202. The highest BCUT2D eigenvalue weighted by Crippen LogP contribution is 2.17. The van der Waals surface area contributed by atoms with Crippen LogP contribution in [0.3, 0.4) is 0 Å². The SMILES string of the molecule is CCO[Si](C)(OCC)c1cccc2ccccc12. The van der Waals surface area contributed by atoms with Crippen LogP contribution >= 0.6 is 0 Å². The summed E-state index contributed by atoms with van der Waals surface area (Å²) in [4.78, 5) is 0. The fourth-order valence-corrected chi connectivity index (χ4v) is 4.98. The van der Waals surface area contributed by atoms with Gasteiger partial charge in [-0.2, -0.15) is 0 Å². The molecule has 0 atom stereocenters. The molecular weight excluding hydrogens is 240 g/mol. The van der Waals surface area contributed by atoms with Gasteiger partial charge in [-0.05, 0) is 31.2 Å². The Labute approximate surface area is 110 Å². The quantitative estimate of drug-likeness (QED) is 0.769. The lowest BCUT2D eigenvalue weighted by Gasteiger charge is -2.27. The van der Waals surface area contributed by atoms with E-state index in [1.54, 1.807) is 0 Å². The summed E-state index contributed by atoms with van der Waals surface area (Å²) in [6, 6.07) is 14.8. The Balaban J connectivity index is 2.56. The molecule has 0 saturated heterocycles. The van der Waals surface area contributed by atoms with E-state index >= 15 is 0 Å². The van der Waals surface area contributed by atoms with Gasteiger partial charge < -0.3 is 8.85 Å². The fraction of sp³-hybridized carbons (Fsp3) is 0.333. The lowest BCUT2D eigenvalue weighted by atomic mass is 10.1. The van der Waals surface area contributed by atoms with Crippen LogP contribution in [0.1, 0.15) is 13.8 Å². The van der Waals surface area contributed by atoms with Gasteiger partial charge in [0.25, 0.3) is 0 Å². The molecule has 0 spiro atoms. The highest BCUT2D eigenvalue weighted by atomic mass is 28.4. The van der Waals surface area contributed by atoms with Gasteiger partial charge in [-0.15, -0.1) is 0 Å². The van der Waals surface area contributed by atoms with Gasteiger partial charge in [0.15, 0.2) is 0 Å². The Bertz CT molecular complexity index is 513. The maximum absolute atomic E-state index is 5.98. The van der Waals surface area contributed by atoms with Crippen molar-refractivity contribution in [3.05, 3.63) is 42.5 Å². The molecule has 0 bridgehead atoms. The second kappa shape index (κ2) is 5.65. The van der Waals surface area contributed by atoms with Crippen molar-refractivity contribution in [1.29, 1.82) is 0 Å². The molecule has 0 aliphatic carbocycles. The number of fused-ring (bicyclic) bond motifs is 1. The molecule has 0 aromatic heterocycles. The van der Waals surface area contributed by atoms with Crippen LogP contribution in [0.4, 0.5) is 0 Å². The molecule has 0 fully saturated rings. The molecule has 0 aliphatic rings. The van der Waals surface area contributed by atoms with Crippen molar-refractivity contribution < 1.29 is 8.85 Å². The zero-order valence-electron chi connectivity index (χ0n) is 11.3. The minimum Gasteiger partial charge on any atom is -0.391 e. The first-order valence-corrected chi connectivity index (χ1v) is 8.79. The van der Waals surface area contributed by atoms with Crippen LogP contribution in [-0.2, 0) is 8.85 Å². The summed E-state index contributed by atoms with van der Waals surface area (Å²) in [7, 11) is -2.29. The summed E-state index contributed by atoms with van der Waals surface area (Å²) >= 11 is 0. The van der Waals surface area contributed by atoms with Crippen LogP contribution in [0, 0.1) is 0 Å². The molecular formula is C15H20O2Si. The van der Waals surface area contributed by atoms with E-state index in [-0.39, 0.29) is 0 Å². The van der Waals surface area contributed by atoms with E-state index in [0.717, 1.165) is 0 Å². The Morgan fingerprint density at radius 3 is 2.17 bits per heavy atom. The third-order valence-electron chi connectivity index (χ3n) is 3.12. The molecule has 2 aromatic carbocycles. The number of benzene rings is 2. The van der Waals surface area contributed by atoms with Gasteiger partial charge >= 0.3 is 8.56 Å². The molecule has 96 valence electrons. The highest BCUT2D eigenvalue weighted by Gasteiger charge is 2.34. The first kappa shape index (κ1) is 13.3. The van der Waals surface area contributed by atoms with Crippen molar-refractivity contribution in [3.8, 4) is 0 Å². The zero-order valence-corrected chi connectivity index (χ0v) is 12.3. The number of hydrogen-bond donors (Lipinski definition) is 0. The predicted octanol–water partition coefficient (Wildman–Crippen LogP) is 3.19. The van der Waals surface area contributed by atoms with E-state index < -0.39 is 8.56 Å². The first-order chi connectivity index (χ1) is 8.71.